The smallest absolute Gasteiger partial charge is 0.256 e. The van der Waals surface area contributed by atoms with Gasteiger partial charge in [0, 0.05) is 16.8 Å². The van der Waals surface area contributed by atoms with Gasteiger partial charge in [0.1, 0.15) is 5.75 Å². The standard InChI is InChI=1S/C14H12Cl2FNO/c1-8-5-11(6-9(2)12(8)16)19-14-13(17)10(7-15)3-4-18-14/h3-6H,7H2,1-2H3. The second-order valence-electron chi connectivity index (χ2n) is 4.20. The molecule has 2 rings (SSSR count). The molecular weight excluding hydrogens is 288 g/mol. The predicted molar refractivity (Wildman–Crippen MR) is 74.8 cm³/mol. The van der Waals surface area contributed by atoms with Gasteiger partial charge in [-0.25, -0.2) is 9.37 Å². The minimum atomic E-state index is -0.539. The molecule has 0 aliphatic heterocycles. The second-order valence-corrected chi connectivity index (χ2v) is 4.84. The molecule has 1 heterocycles. The lowest BCUT2D eigenvalue weighted by Gasteiger charge is -2.10. The molecule has 0 aliphatic carbocycles. The van der Waals surface area contributed by atoms with E-state index in [0.717, 1.165) is 11.1 Å². The third-order valence-electron chi connectivity index (χ3n) is 2.71. The van der Waals surface area contributed by atoms with Crippen molar-refractivity contribution in [3.63, 3.8) is 0 Å². The summed E-state index contributed by atoms with van der Waals surface area (Å²) in [6.45, 7) is 3.72. The van der Waals surface area contributed by atoms with E-state index in [9.17, 15) is 4.39 Å². The molecule has 1 aromatic heterocycles. The van der Waals surface area contributed by atoms with Crippen LogP contribution in [0.25, 0.3) is 0 Å². The summed E-state index contributed by atoms with van der Waals surface area (Å²) in [5.41, 5.74) is 2.09. The van der Waals surface area contributed by atoms with Crippen molar-refractivity contribution in [3.05, 3.63) is 51.9 Å². The Hall–Kier alpha value is -1.32. The summed E-state index contributed by atoms with van der Waals surface area (Å²) < 4.78 is 19.4. The molecule has 0 aliphatic rings. The van der Waals surface area contributed by atoms with Crippen molar-refractivity contribution in [2.75, 3.05) is 0 Å². The summed E-state index contributed by atoms with van der Waals surface area (Å²) >= 11 is 11.7. The molecule has 0 unspecified atom stereocenters. The Morgan fingerprint density at radius 2 is 1.89 bits per heavy atom. The van der Waals surface area contributed by atoms with Crippen LogP contribution in [0.4, 0.5) is 4.39 Å². The molecule has 1 aromatic carbocycles. The zero-order chi connectivity index (χ0) is 14.0. The fourth-order valence-electron chi connectivity index (χ4n) is 1.71. The molecule has 0 atom stereocenters. The van der Waals surface area contributed by atoms with Crippen LogP contribution in [0.1, 0.15) is 16.7 Å². The highest BCUT2D eigenvalue weighted by Gasteiger charge is 2.12. The summed E-state index contributed by atoms with van der Waals surface area (Å²) in [6, 6.07) is 5.00. The molecule has 2 aromatic rings. The number of ether oxygens (including phenoxy) is 1. The normalized spacial score (nSPS) is 10.6. The maximum absolute atomic E-state index is 13.9. The number of alkyl halides is 1. The molecule has 100 valence electrons. The van der Waals surface area contributed by atoms with E-state index >= 15 is 0 Å². The number of rotatable bonds is 3. The van der Waals surface area contributed by atoms with Crippen LogP contribution in [0.5, 0.6) is 11.6 Å². The zero-order valence-corrected chi connectivity index (χ0v) is 12.0. The van der Waals surface area contributed by atoms with Crippen LogP contribution < -0.4 is 4.74 Å². The van der Waals surface area contributed by atoms with E-state index in [0.29, 0.717) is 16.3 Å². The Morgan fingerprint density at radius 3 is 2.47 bits per heavy atom. The van der Waals surface area contributed by atoms with Crippen LogP contribution in [-0.2, 0) is 5.88 Å². The lowest BCUT2D eigenvalue weighted by Crippen LogP contribution is -1.96. The van der Waals surface area contributed by atoms with Crippen LogP contribution in [0, 0.1) is 19.7 Å². The van der Waals surface area contributed by atoms with Gasteiger partial charge < -0.3 is 4.74 Å². The second kappa shape index (κ2) is 5.76. The Kier molecular flexibility index (Phi) is 4.27. The molecular formula is C14H12Cl2FNO. The van der Waals surface area contributed by atoms with E-state index in [1.807, 2.05) is 13.8 Å². The highest BCUT2D eigenvalue weighted by atomic mass is 35.5. The van der Waals surface area contributed by atoms with Gasteiger partial charge in [0.2, 0.25) is 0 Å². The van der Waals surface area contributed by atoms with Crippen LogP contribution >= 0.6 is 23.2 Å². The van der Waals surface area contributed by atoms with Gasteiger partial charge in [-0.15, -0.1) is 11.6 Å². The lowest BCUT2D eigenvalue weighted by atomic mass is 10.1. The minimum Gasteiger partial charge on any atom is -0.436 e. The van der Waals surface area contributed by atoms with Gasteiger partial charge in [0.05, 0.1) is 5.88 Å². The van der Waals surface area contributed by atoms with Crippen LogP contribution in [0.15, 0.2) is 24.4 Å². The number of halogens is 3. The average Bonchev–Trinajstić information content (AvgIpc) is 2.38. The monoisotopic (exact) mass is 299 g/mol. The molecule has 0 fully saturated rings. The Bertz CT molecular complexity index is 593. The molecule has 0 radical (unpaired) electrons. The van der Waals surface area contributed by atoms with E-state index in [-0.39, 0.29) is 11.8 Å². The molecule has 0 saturated carbocycles. The highest BCUT2D eigenvalue weighted by Crippen LogP contribution is 2.30. The highest BCUT2D eigenvalue weighted by molar-refractivity contribution is 6.32. The fraction of sp³-hybridized carbons (Fsp3) is 0.214. The van der Waals surface area contributed by atoms with Gasteiger partial charge in [0.25, 0.3) is 5.88 Å². The number of aryl methyl sites for hydroxylation is 2. The predicted octanol–water partition coefficient (Wildman–Crippen LogP) is 5.02. The van der Waals surface area contributed by atoms with Crippen LogP contribution in [-0.4, -0.2) is 4.98 Å². The Balaban J connectivity index is 2.36. The third kappa shape index (κ3) is 2.99. The van der Waals surface area contributed by atoms with E-state index in [4.69, 9.17) is 27.9 Å². The number of pyridine rings is 1. The average molecular weight is 300 g/mol. The van der Waals surface area contributed by atoms with E-state index in [1.54, 1.807) is 12.1 Å². The molecule has 0 spiro atoms. The number of benzene rings is 1. The summed E-state index contributed by atoms with van der Waals surface area (Å²) in [6.07, 6.45) is 1.46. The maximum Gasteiger partial charge on any atom is 0.256 e. The Labute approximate surface area is 121 Å². The van der Waals surface area contributed by atoms with Gasteiger partial charge in [-0.2, -0.15) is 0 Å². The first kappa shape index (κ1) is 14.1. The van der Waals surface area contributed by atoms with Crippen molar-refractivity contribution in [2.45, 2.75) is 19.7 Å². The minimum absolute atomic E-state index is 0.0728. The van der Waals surface area contributed by atoms with Crippen molar-refractivity contribution in [1.82, 2.24) is 4.98 Å². The summed E-state index contributed by atoms with van der Waals surface area (Å²) in [7, 11) is 0. The molecule has 5 heteroatoms. The first-order chi connectivity index (χ1) is 9.02. The van der Waals surface area contributed by atoms with E-state index < -0.39 is 5.82 Å². The van der Waals surface area contributed by atoms with Crippen molar-refractivity contribution < 1.29 is 9.13 Å². The SMILES string of the molecule is Cc1cc(Oc2nccc(CCl)c2F)cc(C)c1Cl. The zero-order valence-electron chi connectivity index (χ0n) is 10.5. The summed E-state index contributed by atoms with van der Waals surface area (Å²) in [5, 5.41) is 0.676. The summed E-state index contributed by atoms with van der Waals surface area (Å²) in [4.78, 5) is 3.88. The first-order valence-electron chi connectivity index (χ1n) is 5.67. The van der Waals surface area contributed by atoms with E-state index in [1.165, 1.54) is 12.3 Å². The molecule has 19 heavy (non-hydrogen) atoms. The number of hydrogen-bond donors (Lipinski definition) is 0. The maximum atomic E-state index is 13.9. The van der Waals surface area contributed by atoms with E-state index in [2.05, 4.69) is 4.98 Å². The van der Waals surface area contributed by atoms with Gasteiger partial charge in [-0.1, -0.05) is 11.6 Å². The van der Waals surface area contributed by atoms with Crippen molar-refractivity contribution in [1.29, 1.82) is 0 Å². The van der Waals surface area contributed by atoms with Crippen molar-refractivity contribution in [3.8, 4) is 11.6 Å². The quantitative estimate of drug-likeness (QED) is 0.742. The number of aromatic nitrogens is 1. The lowest BCUT2D eigenvalue weighted by molar-refractivity contribution is 0.419. The number of hydrogen-bond acceptors (Lipinski definition) is 2. The molecule has 0 amide bonds. The van der Waals surface area contributed by atoms with Crippen molar-refractivity contribution in [2.24, 2.45) is 0 Å². The molecule has 0 N–H and O–H groups in total. The topological polar surface area (TPSA) is 22.1 Å². The van der Waals surface area contributed by atoms with Crippen molar-refractivity contribution >= 4 is 23.2 Å². The number of nitrogens with zero attached hydrogens (tertiary/aromatic N) is 1. The fourth-order valence-corrected chi connectivity index (χ4v) is 2.03. The molecule has 0 saturated heterocycles. The van der Waals surface area contributed by atoms with Gasteiger partial charge in [0.15, 0.2) is 5.82 Å². The Morgan fingerprint density at radius 1 is 1.26 bits per heavy atom. The largest absolute Gasteiger partial charge is 0.436 e. The molecule has 2 nitrogen and oxygen atoms in total. The van der Waals surface area contributed by atoms with Crippen LogP contribution in [0.2, 0.25) is 5.02 Å². The van der Waals surface area contributed by atoms with Gasteiger partial charge in [-0.05, 0) is 43.2 Å². The van der Waals surface area contributed by atoms with Gasteiger partial charge in [-0.3, -0.25) is 0 Å². The van der Waals surface area contributed by atoms with Crippen LogP contribution in [0.3, 0.4) is 0 Å². The third-order valence-corrected chi connectivity index (χ3v) is 3.59. The first-order valence-corrected chi connectivity index (χ1v) is 6.58. The molecule has 0 bridgehead atoms. The van der Waals surface area contributed by atoms with Gasteiger partial charge >= 0.3 is 0 Å². The summed E-state index contributed by atoms with van der Waals surface area (Å²) in [5.74, 6) is -0.0526.